The number of aliphatic hydroxyl groups is 5. The largest absolute Gasteiger partial charge is 0.483 e. The molecule has 15 heavy (non-hydrogen) atoms. The van der Waals surface area contributed by atoms with E-state index in [-0.39, 0.29) is 12.8 Å². The lowest BCUT2D eigenvalue weighted by molar-refractivity contribution is -0.136. The summed E-state index contributed by atoms with van der Waals surface area (Å²) in [5.41, 5.74) is 0. The van der Waals surface area contributed by atoms with E-state index >= 15 is 0 Å². The summed E-state index contributed by atoms with van der Waals surface area (Å²) >= 11 is 0. The van der Waals surface area contributed by atoms with Crippen LogP contribution in [0.3, 0.4) is 0 Å². The van der Waals surface area contributed by atoms with Gasteiger partial charge in [0.25, 0.3) is 6.47 Å². The van der Waals surface area contributed by atoms with E-state index in [1.807, 2.05) is 0 Å². The van der Waals surface area contributed by atoms with Crippen molar-refractivity contribution in [1.82, 2.24) is 0 Å². The van der Waals surface area contributed by atoms with Gasteiger partial charge in [0.1, 0.15) is 24.4 Å². The molecule has 0 bridgehead atoms. The first-order valence-corrected chi connectivity index (χ1v) is 3.82. The Kier molecular flexibility index (Phi) is 10.4. The number of rotatable bonds is 5. The Morgan fingerprint density at radius 3 is 1.67 bits per heavy atom. The molecule has 0 heterocycles. The van der Waals surface area contributed by atoms with E-state index in [4.69, 9.17) is 35.4 Å². The molecule has 6 N–H and O–H groups in total. The fraction of sp³-hybridized carbons (Fsp3) is 0.714. The van der Waals surface area contributed by atoms with Crippen molar-refractivity contribution < 1.29 is 40.2 Å². The SMILES string of the molecule is O=CO.O=C[C@@H](O)[C@H](O)[C@@H](O)[C@H](O)CO. The molecule has 0 amide bonds. The number of hydrogen-bond acceptors (Lipinski definition) is 7. The molecule has 0 radical (unpaired) electrons. The first-order valence-electron chi connectivity index (χ1n) is 3.82. The van der Waals surface area contributed by atoms with Crippen LogP contribution in [0.5, 0.6) is 0 Å². The van der Waals surface area contributed by atoms with Crippen molar-refractivity contribution in [2.75, 3.05) is 6.61 Å². The van der Waals surface area contributed by atoms with Crippen molar-refractivity contribution in [1.29, 1.82) is 0 Å². The van der Waals surface area contributed by atoms with Crippen molar-refractivity contribution in [2.24, 2.45) is 0 Å². The molecule has 0 spiro atoms. The normalized spacial score (nSPS) is 17.7. The van der Waals surface area contributed by atoms with Crippen LogP contribution in [-0.4, -0.2) is 74.4 Å². The Hall–Kier alpha value is -1.06. The lowest BCUT2D eigenvalue weighted by Gasteiger charge is -2.22. The Morgan fingerprint density at radius 1 is 1.00 bits per heavy atom. The van der Waals surface area contributed by atoms with Crippen LogP contribution in [0.4, 0.5) is 0 Å². The summed E-state index contributed by atoms with van der Waals surface area (Å²) in [6.07, 6.45) is -6.84. The van der Waals surface area contributed by atoms with Gasteiger partial charge in [-0.3, -0.25) is 4.79 Å². The molecule has 0 saturated heterocycles. The number of aliphatic hydroxyl groups excluding tert-OH is 5. The monoisotopic (exact) mass is 226 g/mol. The molecule has 0 saturated carbocycles. The predicted molar refractivity (Wildman–Crippen MR) is 45.9 cm³/mol. The van der Waals surface area contributed by atoms with Crippen molar-refractivity contribution >= 4 is 12.8 Å². The van der Waals surface area contributed by atoms with Crippen LogP contribution in [0, 0.1) is 0 Å². The third-order valence-corrected chi connectivity index (χ3v) is 1.42. The predicted octanol–water partition coefficient (Wildman–Crippen LogP) is -3.68. The number of carbonyl (C=O) groups excluding carboxylic acids is 1. The fourth-order valence-electron chi connectivity index (χ4n) is 0.618. The van der Waals surface area contributed by atoms with Gasteiger partial charge in [0.15, 0.2) is 6.29 Å². The van der Waals surface area contributed by atoms with Gasteiger partial charge in [-0.15, -0.1) is 0 Å². The number of aldehydes is 1. The van der Waals surface area contributed by atoms with Crippen molar-refractivity contribution in [3.05, 3.63) is 0 Å². The van der Waals surface area contributed by atoms with Crippen LogP contribution in [0.2, 0.25) is 0 Å². The molecule has 0 rings (SSSR count). The van der Waals surface area contributed by atoms with Gasteiger partial charge in [-0.25, -0.2) is 0 Å². The zero-order valence-corrected chi connectivity index (χ0v) is 7.67. The van der Waals surface area contributed by atoms with Crippen LogP contribution in [0.25, 0.3) is 0 Å². The minimum atomic E-state index is -1.79. The van der Waals surface area contributed by atoms with E-state index in [0.29, 0.717) is 0 Å². The minimum absolute atomic E-state index is 0.0258. The smallest absolute Gasteiger partial charge is 0.290 e. The fourth-order valence-corrected chi connectivity index (χ4v) is 0.618. The summed E-state index contributed by atoms with van der Waals surface area (Å²) in [7, 11) is 0. The van der Waals surface area contributed by atoms with Gasteiger partial charge in [0.05, 0.1) is 6.61 Å². The minimum Gasteiger partial charge on any atom is -0.483 e. The average molecular weight is 226 g/mol. The first-order chi connectivity index (χ1) is 6.95. The molecule has 0 aromatic rings. The quantitative estimate of drug-likeness (QED) is 0.262. The Bertz CT molecular complexity index is 172. The number of hydrogen-bond donors (Lipinski definition) is 6. The summed E-state index contributed by atoms with van der Waals surface area (Å²) in [5, 5.41) is 50.4. The maximum Gasteiger partial charge on any atom is 0.290 e. The van der Waals surface area contributed by atoms with Crippen LogP contribution in [0.1, 0.15) is 0 Å². The van der Waals surface area contributed by atoms with Gasteiger partial charge >= 0.3 is 0 Å². The molecule has 4 atom stereocenters. The van der Waals surface area contributed by atoms with E-state index < -0.39 is 31.0 Å². The van der Waals surface area contributed by atoms with E-state index in [1.165, 1.54) is 0 Å². The molecule has 0 aliphatic carbocycles. The lowest BCUT2D eigenvalue weighted by atomic mass is 10.0. The third-order valence-electron chi connectivity index (χ3n) is 1.42. The number of carboxylic acid groups (broad SMARTS) is 1. The Balaban J connectivity index is 0. The highest BCUT2D eigenvalue weighted by Gasteiger charge is 2.29. The zero-order chi connectivity index (χ0) is 12.4. The van der Waals surface area contributed by atoms with Crippen molar-refractivity contribution in [3.8, 4) is 0 Å². The first kappa shape index (κ1) is 16.4. The molecular weight excluding hydrogens is 212 g/mol. The summed E-state index contributed by atoms with van der Waals surface area (Å²) in [6.45, 7) is -1.01. The lowest BCUT2D eigenvalue weighted by Crippen LogP contribution is -2.46. The molecule has 0 aliphatic heterocycles. The van der Waals surface area contributed by atoms with Gasteiger partial charge in [0, 0.05) is 0 Å². The molecular formula is C7H14O8. The maximum absolute atomic E-state index is 9.90. The standard InChI is InChI=1S/C6H12O6.CH2O2/c7-1-3(9)5(11)6(12)4(10)2-8;2-1-3/h1,3-6,8-12H,2H2;1H,(H,2,3)/t3-,4-,5+,6+;/m1./s1. The van der Waals surface area contributed by atoms with E-state index in [1.54, 1.807) is 0 Å². The summed E-state index contributed by atoms with van der Waals surface area (Å²) in [5.74, 6) is 0. The van der Waals surface area contributed by atoms with E-state index in [0.717, 1.165) is 0 Å². The molecule has 0 fully saturated rings. The second-order valence-corrected chi connectivity index (χ2v) is 2.46. The van der Waals surface area contributed by atoms with Gasteiger partial charge in [-0.1, -0.05) is 0 Å². The average Bonchev–Trinajstić information content (AvgIpc) is 2.25. The highest BCUT2D eigenvalue weighted by atomic mass is 16.4. The van der Waals surface area contributed by atoms with Crippen LogP contribution in [-0.2, 0) is 9.59 Å². The summed E-state index contributed by atoms with van der Waals surface area (Å²) in [6, 6.07) is 0. The molecule has 8 heteroatoms. The van der Waals surface area contributed by atoms with Gasteiger partial charge in [-0.2, -0.15) is 0 Å². The summed E-state index contributed by atoms with van der Waals surface area (Å²) in [4.78, 5) is 18.3. The second kappa shape index (κ2) is 9.49. The highest BCUT2D eigenvalue weighted by molar-refractivity contribution is 5.56. The van der Waals surface area contributed by atoms with Crippen molar-refractivity contribution in [2.45, 2.75) is 24.4 Å². The number of carbonyl (C=O) groups is 2. The van der Waals surface area contributed by atoms with Crippen LogP contribution in [0.15, 0.2) is 0 Å². The van der Waals surface area contributed by atoms with Gasteiger partial charge < -0.3 is 35.4 Å². The Morgan fingerprint density at radius 2 is 1.40 bits per heavy atom. The van der Waals surface area contributed by atoms with E-state index in [9.17, 15) is 4.79 Å². The Labute approximate surface area is 85.0 Å². The molecule has 0 aromatic carbocycles. The van der Waals surface area contributed by atoms with E-state index in [2.05, 4.69) is 0 Å². The van der Waals surface area contributed by atoms with Gasteiger partial charge in [0.2, 0.25) is 0 Å². The van der Waals surface area contributed by atoms with Gasteiger partial charge in [-0.05, 0) is 0 Å². The molecule has 0 aromatic heterocycles. The van der Waals surface area contributed by atoms with Crippen LogP contribution >= 0.6 is 0 Å². The zero-order valence-electron chi connectivity index (χ0n) is 7.67. The molecule has 0 unspecified atom stereocenters. The molecule has 0 aliphatic rings. The summed E-state index contributed by atoms with van der Waals surface area (Å²) < 4.78 is 0. The maximum atomic E-state index is 9.90. The third kappa shape index (κ3) is 6.94. The molecule has 90 valence electrons. The van der Waals surface area contributed by atoms with Crippen molar-refractivity contribution in [3.63, 3.8) is 0 Å². The topological polar surface area (TPSA) is 156 Å². The molecule has 8 nitrogen and oxygen atoms in total. The second-order valence-electron chi connectivity index (χ2n) is 2.46. The van der Waals surface area contributed by atoms with Crippen LogP contribution < -0.4 is 0 Å². The highest BCUT2D eigenvalue weighted by Crippen LogP contribution is 2.02.